The van der Waals surface area contributed by atoms with Gasteiger partial charge in [0.15, 0.2) is 0 Å². The monoisotopic (exact) mass is 290 g/mol. The van der Waals surface area contributed by atoms with Crippen LogP contribution >= 0.6 is 0 Å². The van der Waals surface area contributed by atoms with E-state index in [-0.39, 0.29) is 5.56 Å². The summed E-state index contributed by atoms with van der Waals surface area (Å²) in [5, 5.41) is 3.27. The van der Waals surface area contributed by atoms with Crippen LogP contribution in [0.5, 0.6) is 0 Å². The van der Waals surface area contributed by atoms with Crippen molar-refractivity contribution in [1.29, 1.82) is 0 Å². The average Bonchev–Trinajstić information content (AvgIpc) is 2.48. The molecule has 1 N–H and O–H groups in total. The minimum atomic E-state index is -2.41. The van der Waals surface area contributed by atoms with E-state index in [2.05, 4.69) is 29.6 Å². The summed E-state index contributed by atoms with van der Waals surface area (Å²) < 4.78 is 25.2. The third-order valence-corrected chi connectivity index (χ3v) is 3.31. The van der Waals surface area contributed by atoms with Crippen LogP contribution in [0.25, 0.3) is 0 Å². The first-order valence-electron chi connectivity index (χ1n) is 6.90. The fourth-order valence-corrected chi connectivity index (χ4v) is 2.10. The number of anilines is 1. The maximum atomic E-state index is 12.6. The Labute approximate surface area is 124 Å². The minimum absolute atomic E-state index is 0.0737. The van der Waals surface area contributed by atoms with E-state index in [0.717, 1.165) is 11.3 Å². The second-order valence-electron chi connectivity index (χ2n) is 5.21. The Hall–Kier alpha value is -1.94. The summed E-state index contributed by atoms with van der Waals surface area (Å²) in [7, 11) is 4.01. The summed E-state index contributed by atoms with van der Waals surface area (Å²) in [6, 6.07) is 14.8. The van der Waals surface area contributed by atoms with Gasteiger partial charge in [-0.2, -0.15) is 0 Å². The van der Waals surface area contributed by atoms with Gasteiger partial charge in [0.25, 0.3) is 6.43 Å². The zero-order valence-electron chi connectivity index (χ0n) is 12.3. The fraction of sp³-hybridized carbons (Fsp3) is 0.294. The predicted octanol–water partition coefficient (Wildman–Crippen LogP) is 3.98. The molecule has 0 saturated heterocycles. The third kappa shape index (κ3) is 4.53. The smallest absolute Gasteiger partial charge is 0.263 e. The largest absolute Gasteiger partial charge is 0.378 e. The van der Waals surface area contributed by atoms with Crippen LogP contribution in [-0.2, 0) is 13.1 Å². The molecule has 21 heavy (non-hydrogen) atoms. The number of alkyl halides is 2. The Bertz CT molecular complexity index is 565. The van der Waals surface area contributed by atoms with E-state index < -0.39 is 6.43 Å². The van der Waals surface area contributed by atoms with Crippen LogP contribution in [0.1, 0.15) is 23.1 Å². The highest BCUT2D eigenvalue weighted by Crippen LogP contribution is 2.19. The summed E-state index contributed by atoms with van der Waals surface area (Å²) in [4.78, 5) is 2.05. The molecule has 0 bridgehead atoms. The fourth-order valence-electron chi connectivity index (χ4n) is 2.10. The van der Waals surface area contributed by atoms with Crippen LogP contribution < -0.4 is 10.2 Å². The predicted molar refractivity (Wildman–Crippen MR) is 82.7 cm³/mol. The highest BCUT2D eigenvalue weighted by molar-refractivity contribution is 5.45. The maximum Gasteiger partial charge on any atom is 0.263 e. The van der Waals surface area contributed by atoms with Gasteiger partial charge in [-0.15, -0.1) is 0 Å². The lowest BCUT2D eigenvalue weighted by Gasteiger charge is -2.13. The molecule has 0 atom stereocenters. The lowest BCUT2D eigenvalue weighted by atomic mass is 10.1. The molecule has 0 unspecified atom stereocenters. The summed E-state index contributed by atoms with van der Waals surface area (Å²) in [6.07, 6.45) is -2.41. The van der Waals surface area contributed by atoms with E-state index >= 15 is 0 Å². The topological polar surface area (TPSA) is 15.3 Å². The van der Waals surface area contributed by atoms with Crippen LogP contribution in [-0.4, -0.2) is 14.1 Å². The number of hydrogen-bond acceptors (Lipinski definition) is 2. The molecule has 4 heteroatoms. The molecule has 0 fully saturated rings. The van der Waals surface area contributed by atoms with Gasteiger partial charge in [0.1, 0.15) is 0 Å². The zero-order chi connectivity index (χ0) is 15.2. The molecule has 0 amide bonds. The highest BCUT2D eigenvalue weighted by Gasteiger charge is 2.06. The Morgan fingerprint density at radius 1 is 0.952 bits per heavy atom. The maximum absolute atomic E-state index is 12.6. The van der Waals surface area contributed by atoms with Crippen LogP contribution in [0.3, 0.4) is 0 Å². The van der Waals surface area contributed by atoms with Crippen molar-refractivity contribution in [3.05, 3.63) is 65.2 Å². The van der Waals surface area contributed by atoms with Crippen LogP contribution in [0.2, 0.25) is 0 Å². The molecule has 0 aromatic heterocycles. The number of nitrogens with zero attached hydrogens (tertiary/aromatic N) is 1. The van der Waals surface area contributed by atoms with Gasteiger partial charge in [-0.05, 0) is 29.3 Å². The first-order valence-corrected chi connectivity index (χ1v) is 6.90. The number of benzene rings is 2. The molecule has 2 nitrogen and oxygen atoms in total. The van der Waals surface area contributed by atoms with Crippen molar-refractivity contribution < 1.29 is 8.78 Å². The van der Waals surface area contributed by atoms with Gasteiger partial charge in [-0.1, -0.05) is 30.3 Å². The average molecular weight is 290 g/mol. The molecule has 0 aliphatic heterocycles. The van der Waals surface area contributed by atoms with Crippen molar-refractivity contribution in [2.24, 2.45) is 0 Å². The van der Waals surface area contributed by atoms with Crippen LogP contribution in [0.4, 0.5) is 14.5 Å². The Balaban J connectivity index is 1.88. The van der Waals surface area contributed by atoms with Crippen molar-refractivity contribution in [2.45, 2.75) is 19.5 Å². The number of rotatable bonds is 6. The van der Waals surface area contributed by atoms with Crippen molar-refractivity contribution >= 4 is 5.69 Å². The van der Waals surface area contributed by atoms with Gasteiger partial charge in [-0.25, -0.2) is 8.78 Å². The Morgan fingerprint density at radius 2 is 1.62 bits per heavy atom. The Kier molecular flexibility index (Phi) is 5.28. The third-order valence-electron chi connectivity index (χ3n) is 3.31. The highest BCUT2D eigenvalue weighted by atomic mass is 19.3. The van der Waals surface area contributed by atoms with E-state index in [1.54, 1.807) is 12.1 Å². The quantitative estimate of drug-likeness (QED) is 0.865. The molecule has 0 aliphatic rings. The molecule has 112 valence electrons. The first-order chi connectivity index (χ1) is 10.1. The lowest BCUT2D eigenvalue weighted by Crippen LogP contribution is -2.13. The van der Waals surface area contributed by atoms with Crippen molar-refractivity contribution in [2.75, 3.05) is 19.0 Å². The summed E-state index contributed by atoms with van der Waals surface area (Å²) in [5.41, 5.74) is 3.27. The zero-order valence-corrected chi connectivity index (χ0v) is 12.3. The number of halogens is 2. The van der Waals surface area contributed by atoms with Crippen molar-refractivity contribution in [3.63, 3.8) is 0 Å². The van der Waals surface area contributed by atoms with Gasteiger partial charge in [-0.3, -0.25) is 0 Å². The van der Waals surface area contributed by atoms with E-state index in [9.17, 15) is 8.78 Å². The van der Waals surface area contributed by atoms with E-state index in [4.69, 9.17) is 0 Å². The molecule has 0 heterocycles. The minimum Gasteiger partial charge on any atom is -0.378 e. The standard InChI is InChI=1S/C17H20F2N2/c1-21(2)16-8-6-13(7-9-16)11-20-12-14-4-3-5-15(10-14)17(18)19/h3-10,17,20H,11-12H2,1-2H3. The molecule has 2 aromatic rings. The number of hydrogen-bond donors (Lipinski definition) is 1. The van der Waals surface area contributed by atoms with Crippen molar-refractivity contribution in [1.82, 2.24) is 5.32 Å². The number of nitrogens with one attached hydrogen (secondary N) is 1. The van der Waals surface area contributed by atoms with Gasteiger partial charge < -0.3 is 10.2 Å². The first kappa shape index (κ1) is 15.4. The molecular formula is C17H20F2N2. The van der Waals surface area contributed by atoms with Gasteiger partial charge >= 0.3 is 0 Å². The normalized spacial score (nSPS) is 10.9. The second-order valence-corrected chi connectivity index (χ2v) is 5.21. The van der Waals surface area contributed by atoms with E-state index in [1.807, 2.05) is 25.1 Å². The summed E-state index contributed by atoms with van der Waals surface area (Å²) in [6.45, 7) is 1.29. The molecule has 0 spiro atoms. The molecule has 2 rings (SSSR count). The van der Waals surface area contributed by atoms with Crippen molar-refractivity contribution in [3.8, 4) is 0 Å². The summed E-state index contributed by atoms with van der Waals surface area (Å²) in [5.74, 6) is 0. The molecule has 2 aromatic carbocycles. The van der Waals surface area contributed by atoms with Gasteiger partial charge in [0.05, 0.1) is 0 Å². The van der Waals surface area contributed by atoms with Crippen LogP contribution in [0.15, 0.2) is 48.5 Å². The summed E-state index contributed by atoms with van der Waals surface area (Å²) >= 11 is 0. The molecule has 0 saturated carbocycles. The second kappa shape index (κ2) is 7.18. The van der Waals surface area contributed by atoms with Crippen LogP contribution in [0, 0.1) is 0 Å². The SMILES string of the molecule is CN(C)c1ccc(CNCc2cccc(C(F)F)c2)cc1. The van der Waals surface area contributed by atoms with Gasteiger partial charge in [0.2, 0.25) is 0 Å². The van der Waals surface area contributed by atoms with E-state index in [1.165, 1.54) is 11.6 Å². The van der Waals surface area contributed by atoms with E-state index in [0.29, 0.717) is 13.1 Å². The molecular weight excluding hydrogens is 270 g/mol. The molecule has 0 aliphatic carbocycles. The molecule has 0 radical (unpaired) electrons. The Morgan fingerprint density at radius 3 is 2.24 bits per heavy atom. The lowest BCUT2D eigenvalue weighted by molar-refractivity contribution is 0.151. The van der Waals surface area contributed by atoms with Gasteiger partial charge in [0, 0.05) is 38.4 Å².